The normalized spacial score (nSPS) is 10.2. The van der Waals surface area contributed by atoms with E-state index in [-0.39, 0.29) is 5.91 Å². The molecule has 1 rings (SSSR count). The molecule has 94 valence electrons. The summed E-state index contributed by atoms with van der Waals surface area (Å²) in [6.45, 7) is 4.23. The molecule has 0 fully saturated rings. The van der Waals surface area contributed by atoms with E-state index in [2.05, 4.69) is 28.2 Å². The number of halogens is 1. The Kier molecular flexibility index (Phi) is 6.89. The molecule has 0 heterocycles. The van der Waals surface area contributed by atoms with Crippen LogP contribution in [-0.4, -0.2) is 25.7 Å². The molecule has 0 saturated heterocycles. The van der Waals surface area contributed by atoms with Crippen LogP contribution in [0.5, 0.6) is 0 Å². The minimum atomic E-state index is -0.0343. The first-order valence-corrected chi connectivity index (χ1v) is 6.65. The predicted molar refractivity (Wildman–Crippen MR) is 72.2 cm³/mol. The number of ether oxygens (including phenoxy) is 1. The third-order valence-electron chi connectivity index (χ3n) is 2.21. The number of carbonyl (C=O) groups is 1. The molecule has 0 aliphatic heterocycles. The van der Waals surface area contributed by atoms with Crippen molar-refractivity contribution in [3.05, 3.63) is 34.3 Å². The smallest absolute Gasteiger partial charge is 0.251 e. The number of nitrogens with one attached hydrogen (secondary N) is 1. The summed E-state index contributed by atoms with van der Waals surface area (Å²) in [7, 11) is 0. The maximum atomic E-state index is 11.7. The fourth-order valence-corrected chi connectivity index (χ4v) is 1.59. The second-order valence-corrected chi connectivity index (χ2v) is 4.64. The first-order chi connectivity index (χ1) is 8.24. The van der Waals surface area contributed by atoms with Crippen LogP contribution in [0.4, 0.5) is 0 Å². The zero-order valence-corrected chi connectivity index (χ0v) is 11.6. The summed E-state index contributed by atoms with van der Waals surface area (Å²) in [6.07, 6.45) is 1.88. The first kappa shape index (κ1) is 14.2. The van der Waals surface area contributed by atoms with E-state index in [1.807, 2.05) is 12.1 Å². The van der Waals surface area contributed by atoms with Gasteiger partial charge in [0.05, 0.1) is 0 Å². The van der Waals surface area contributed by atoms with Crippen molar-refractivity contribution in [2.45, 2.75) is 19.8 Å². The predicted octanol–water partition coefficient (Wildman–Crippen LogP) is 3.00. The van der Waals surface area contributed by atoms with Crippen molar-refractivity contribution in [2.24, 2.45) is 0 Å². The van der Waals surface area contributed by atoms with E-state index >= 15 is 0 Å². The van der Waals surface area contributed by atoms with Crippen molar-refractivity contribution in [3.8, 4) is 0 Å². The second kappa shape index (κ2) is 8.25. The molecule has 0 bridgehead atoms. The number of amides is 1. The molecule has 1 aromatic carbocycles. The summed E-state index contributed by atoms with van der Waals surface area (Å²) in [5.74, 6) is -0.0343. The van der Waals surface area contributed by atoms with Gasteiger partial charge in [0, 0.05) is 29.8 Å². The molecular weight excluding hydrogens is 282 g/mol. The van der Waals surface area contributed by atoms with Gasteiger partial charge in [-0.25, -0.2) is 0 Å². The second-order valence-electron chi connectivity index (χ2n) is 3.73. The highest BCUT2D eigenvalue weighted by molar-refractivity contribution is 9.10. The van der Waals surface area contributed by atoms with Crippen LogP contribution in [0.2, 0.25) is 0 Å². The average Bonchev–Trinajstić information content (AvgIpc) is 2.34. The Morgan fingerprint density at radius 3 is 2.65 bits per heavy atom. The molecule has 1 amide bonds. The van der Waals surface area contributed by atoms with Gasteiger partial charge in [-0.2, -0.15) is 0 Å². The summed E-state index contributed by atoms with van der Waals surface area (Å²) in [5, 5.41) is 2.86. The summed E-state index contributed by atoms with van der Waals surface area (Å²) >= 11 is 3.33. The summed E-state index contributed by atoms with van der Waals surface area (Å²) < 4.78 is 6.30. The van der Waals surface area contributed by atoms with Crippen LogP contribution >= 0.6 is 15.9 Å². The highest BCUT2D eigenvalue weighted by atomic mass is 79.9. The van der Waals surface area contributed by atoms with Gasteiger partial charge in [-0.1, -0.05) is 22.9 Å². The number of carbonyl (C=O) groups excluding carboxylic acids is 1. The Morgan fingerprint density at radius 2 is 2.00 bits per heavy atom. The van der Waals surface area contributed by atoms with Gasteiger partial charge in [0.25, 0.3) is 5.91 Å². The quantitative estimate of drug-likeness (QED) is 0.786. The van der Waals surface area contributed by atoms with Crippen LogP contribution < -0.4 is 5.32 Å². The van der Waals surface area contributed by atoms with Gasteiger partial charge < -0.3 is 10.1 Å². The zero-order chi connectivity index (χ0) is 12.5. The number of benzene rings is 1. The van der Waals surface area contributed by atoms with Crippen LogP contribution in [0.1, 0.15) is 30.1 Å². The molecule has 17 heavy (non-hydrogen) atoms. The molecule has 0 aromatic heterocycles. The average molecular weight is 300 g/mol. The lowest BCUT2D eigenvalue weighted by Crippen LogP contribution is -2.25. The molecule has 0 atom stereocenters. The molecule has 4 heteroatoms. The van der Waals surface area contributed by atoms with E-state index in [0.29, 0.717) is 18.7 Å². The topological polar surface area (TPSA) is 38.3 Å². The van der Waals surface area contributed by atoms with E-state index in [9.17, 15) is 4.79 Å². The number of hydrogen-bond acceptors (Lipinski definition) is 2. The van der Waals surface area contributed by atoms with E-state index in [4.69, 9.17) is 4.74 Å². The minimum Gasteiger partial charge on any atom is -0.381 e. The van der Waals surface area contributed by atoms with E-state index in [1.165, 1.54) is 0 Å². The highest BCUT2D eigenvalue weighted by Gasteiger charge is 2.03. The maximum Gasteiger partial charge on any atom is 0.251 e. The first-order valence-electron chi connectivity index (χ1n) is 5.85. The molecule has 0 unspecified atom stereocenters. The van der Waals surface area contributed by atoms with Crippen molar-refractivity contribution in [1.82, 2.24) is 5.32 Å². The van der Waals surface area contributed by atoms with Crippen molar-refractivity contribution < 1.29 is 9.53 Å². The molecule has 0 aliphatic rings. The van der Waals surface area contributed by atoms with Crippen LogP contribution in [-0.2, 0) is 4.74 Å². The van der Waals surface area contributed by atoms with Crippen LogP contribution in [0.25, 0.3) is 0 Å². The zero-order valence-electron chi connectivity index (χ0n) is 10.0. The molecule has 0 radical (unpaired) electrons. The summed E-state index contributed by atoms with van der Waals surface area (Å²) in [6, 6.07) is 7.32. The highest BCUT2D eigenvalue weighted by Crippen LogP contribution is 2.10. The molecule has 0 spiro atoms. The monoisotopic (exact) mass is 299 g/mol. The Morgan fingerprint density at radius 1 is 1.29 bits per heavy atom. The van der Waals surface area contributed by atoms with Crippen molar-refractivity contribution in [2.75, 3.05) is 19.8 Å². The third kappa shape index (κ3) is 5.84. The molecule has 0 saturated carbocycles. The van der Waals surface area contributed by atoms with E-state index < -0.39 is 0 Å². The molecule has 3 nitrogen and oxygen atoms in total. The lowest BCUT2D eigenvalue weighted by atomic mass is 10.2. The number of hydrogen-bond donors (Lipinski definition) is 1. The van der Waals surface area contributed by atoms with Crippen LogP contribution in [0.15, 0.2) is 28.7 Å². The molecule has 1 N–H and O–H groups in total. The Labute approximate surface area is 111 Å². The van der Waals surface area contributed by atoms with Gasteiger partial charge in [-0.05, 0) is 37.1 Å². The fraction of sp³-hybridized carbons (Fsp3) is 0.462. The SMILES string of the molecule is CCCOCCCNC(=O)c1ccc(Br)cc1. The van der Waals surface area contributed by atoms with Gasteiger partial charge >= 0.3 is 0 Å². The van der Waals surface area contributed by atoms with Gasteiger partial charge in [-0.15, -0.1) is 0 Å². The molecule has 1 aromatic rings. The van der Waals surface area contributed by atoms with Crippen molar-refractivity contribution in [3.63, 3.8) is 0 Å². The summed E-state index contributed by atoms with van der Waals surface area (Å²) in [5.41, 5.74) is 0.683. The summed E-state index contributed by atoms with van der Waals surface area (Å²) in [4.78, 5) is 11.7. The fourth-order valence-electron chi connectivity index (χ4n) is 1.33. The maximum absolute atomic E-state index is 11.7. The lowest BCUT2D eigenvalue weighted by Gasteiger charge is -2.05. The Hall–Kier alpha value is -0.870. The lowest BCUT2D eigenvalue weighted by molar-refractivity contribution is 0.0941. The van der Waals surface area contributed by atoms with Crippen molar-refractivity contribution >= 4 is 21.8 Å². The van der Waals surface area contributed by atoms with Gasteiger partial charge in [0.1, 0.15) is 0 Å². The Bertz CT molecular complexity index is 338. The van der Waals surface area contributed by atoms with Gasteiger partial charge in [0.2, 0.25) is 0 Å². The largest absolute Gasteiger partial charge is 0.381 e. The third-order valence-corrected chi connectivity index (χ3v) is 2.73. The van der Waals surface area contributed by atoms with E-state index in [0.717, 1.165) is 23.9 Å². The molecule has 0 aliphatic carbocycles. The van der Waals surface area contributed by atoms with Crippen LogP contribution in [0, 0.1) is 0 Å². The van der Waals surface area contributed by atoms with Gasteiger partial charge in [0.15, 0.2) is 0 Å². The number of rotatable bonds is 7. The van der Waals surface area contributed by atoms with Crippen molar-refractivity contribution in [1.29, 1.82) is 0 Å². The van der Waals surface area contributed by atoms with Crippen LogP contribution in [0.3, 0.4) is 0 Å². The standard InChI is InChI=1S/C13H18BrNO2/c1-2-9-17-10-3-8-15-13(16)11-4-6-12(14)7-5-11/h4-7H,2-3,8-10H2,1H3,(H,15,16). The van der Waals surface area contributed by atoms with E-state index in [1.54, 1.807) is 12.1 Å². The Balaban J connectivity index is 2.19. The molecular formula is C13H18BrNO2. The minimum absolute atomic E-state index is 0.0343. The van der Waals surface area contributed by atoms with Gasteiger partial charge in [-0.3, -0.25) is 4.79 Å².